The van der Waals surface area contributed by atoms with Crippen molar-refractivity contribution in [2.24, 2.45) is 0 Å². The molecule has 1 heterocycles. The Hall–Kier alpha value is -1.49. The molecule has 0 bridgehead atoms. The van der Waals surface area contributed by atoms with Crippen molar-refractivity contribution >= 4 is 21.7 Å². The van der Waals surface area contributed by atoms with Gasteiger partial charge in [-0.25, -0.2) is 9.37 Å². The van der Waals surface area contributed by atoms with Crippen LogP contribution in [0, 0.1) is 5.82 Å². The summed E-state index contributed by atoms with van der Waals surface area (Å²) in [5, 5.41) is 3.19. The van der Waals surface area contributed by atoms with Gasteiger partial charge in [0.1, 0.15) is 11.5 Å². The molecule has 0 unspecified atom stereocenters. The minimum atomic E-state index is -0.306. The highest BCUT2D eigenvalue weighted by molar-refractivity contribution is 9.10. The highest BCUT2D eigenvalue weighted by atomic mass is 79.9. The van der Waals surface area contributed by atoms with E-state index in [1.165, 1.54) is 6.07 Å². The molecule has 0 saturated heterocycles. The van der Waals surface area contributed by atoms with Gasteiger partial charge >= 0.3 is 0 Å². The number of hydrogen-bond donors (Lipinski definition) is 1. The topological polar surface area (TPSA) is 37.8 Å². The maximum Gasteiger partial charge on any atom is 0.152 e. The Balaban J connectivity index is 2.39. The van der Waals surface area contributed by atoms with Gasteiger partial charge in [-0.15, -0.1) is 0 Å². The molecule has 5 heteroatoms. The molecule has 0 radical (unpaired) electrons. The summed E-state index contributed by atoms with van der Waals surface area (Å²) in [6.07, 6.45) is 4.22. The van der Waals surface area contributed by atoms with Crippen molar-refractivity contribution in [3.63, 3.8) is 0 Å². The average Bonchev–Trinajstić information content (AvgIpc) is 2.40. The number of rotatable bonds is 4. The van der Waals surface area contributed by atoms with Crippen molar-refractivity contribution in [3.05, 3.63) is 40.9 Å². The summed E-state index contributed by atoms with van der Waals surface area (Å²) in [5.74, 6) is 0.376. The van der Waals surface area contributed by atoms with E-state index < -0.39 is 0 Å². The Labute approximate surface area is 114 Å². The maximum atomic E-state index is 13.5. The molecule has 3 nitrogen and oxygen atoms in total. The lowest BCUT2D eigenvalue weighted by Gasteiger charge is -2.09. The molecule has 1 aromatic carbocycles. The molecule has 0 atom stereocenters. The first-order valence-corrected chi connectivity index (χ1v) is 6.52. The molecule has 0 saturated carbocycles. The monoisotopic (exact) mass is 309 g/mol. The summed E-state index contributed by atoms with van der Waals surface area (Å²) in [6, 6.07) is 4.93. The quantitative estimate of drug-likeness (QED) is 0.931. The number of benzene rings is 1. The second-order valence-corrected chi connectivity index (χ2v) is 4.66. The van der Waals surface area contributed by atoms with Crippen LogP contribution in [-0.2, 0) is 0 Å². The first-order chi connectivity index (χ1) is 8.72. The van der Waals surface area contributed by atoms with Gasteiger partial charge in [-0.2, -0.15) is 0 Å². The second kappa shape index (κ2) is 5.91. The molecular formula is C13H13BrFN3. The van der Waals surface area contributed by atoms with Crippen LogP contribution in [0.5, 0.6) is 0 Å². The van der Waals surface area contributed by atoms with E-state index in [2.05, 4.69) is 38.1 Å². The Morgan fingerprint density at radius 2 is 2.06 bits per heavy atom. The van der Waals surface area contributed by atoms with Crippen LogP contribution in [0.4, 0.5) is 10.2 Å². The fraction of sp³-hybridized carbons (Fsp3) is 0.231. The Morgan fingerprint density at radius 1 is 1.28 bits per heavy atom. The van der Waals surface area contributed by atoms with Gasteiger partial charge in [-0.3, -0.25) is 4.98 Å². The summed E-state index contributed by atoms with van der Waals surface area (Å²) in [7, 11) is 0. The van der Waals surface area contributed by atoms with Gasteiger partial charge in [0, 0.05) is 24.5 Å². The molecule has 0 spiro atoms. The molecule has 2 aromatic rings. The van der Waals surface area contributed by atoms with Crippen LogP contribution in [0.2, 0.25) is 0 Å². The fourth-order valence-corrected chi connectivity index (χ4v) is 1.81. The van der Waals surface area contributed by atoms with Crippen molar-refractivity contribution in [2.45, 2.75) is 13.3 Å². The number of hydrogen-bond acceptors (Lipinski definition) is 3. The summed E-state index contributed by atoms with van der Waals surface area (Å²) in [5.41, 5.74) is 1.37. The van der Waals surface area contributed by atoms with Gasteiger partial charge in [-0.05, 0) is 34.5 Å². The van der Waals surface area contributed by atoms with Gasteiger partial charge in [0.15, 0.2) is 5.82 Å². The Kier molecular flexibility index (Phi) is 4.25. The molecule has 0 fully saturated rings. The summed E-state index contributed by atoms with van der Waals surface area (Å²) < 4.78 is 14.0. The number of anilines is 1. The minimum absolute atomic E-state index is 0.306. The van der Waals surface area contributed by atoms with E-state index in [0.717, 1.165) is 13.0 Å². The molecular weight excluding hydrogens is 297 g/mol. The van der Waals surface area contributed by atoms with Crippen LogP contribution in [0.3, 0.4) is 0 Å². The lowest BCUT2D eigenvalue weighted by atomic mass is 10.1. The van der Waals surface area contributed by atoms with Gasteiger partial charge in [0.2, 0.25) is 0 Å². The van der Waals surface area contributed by atoms with E-state index in [9.17, 15) is 4.39 Å². The van der Waals surface area contributed by atoms with E-state index >= 15 is 0 Å². The molecule has 0 aliphatic carbocycles. The molecule has 0 amide bonds. The molecule has 2 rings (SSSR count). The van der Waals surface area contributed by atoms with Crippen LogP contribution in [0.1, 0.15) is 13.3 Å². The smallest absolute Gasteiger partial charge is 0.152 e. The first kappa shape index (κ1) is 13.0. The molecule has 0 aliphatic heterocycles. The van der Waals surface area contributed by atoms with E-state index in [-0.39, 0.29) is 5.82 Å². The Bertz CT molecular complexity index is 546. The van der Waals surface area contributed by atoms with Gasteiger partial charge in [0.25, 0.3) is 0 Å². The molecule has 1 aromatic heterocycles. The average molecular weight is 310 g/mol. The van der Waals surface area contributed by atoms with Crippen molar-refractivity contribution in [2.75, 3.05) is 11.9 Å². The zero-order valence-electron chi connectivity index (χ0n) is 9.95. The third kappa shape index (κ3) is 2.85. The molecule has 18 heavy (non-hydrogen) atoms. The summed E-state index contributed by atoms with van der Waals surface area (Å²) in [4.78, 5) is 8.50. The van der Waals surface area contributed by atoms with Crippen LogP contribution < -0.4 is 5.32 Å². The SMILES string of the molecule is CCCNc1nccnc1-c1ccc(Br)c(F)c1. The predicted molar refractivity (Wildman–Crippen MR) is 73.9 cm³/mol. The zero-order chi connectivity index (χ0) is 13.0. The van der Waals surface area contributed by atoms with E-state index in [0.29, 0.717) is 21.5 Å². The number of nitrogens with one attached hydrogen (secondary N) is 1. The van der Waals surface area contributed by atoms with E-state index in [1.54, 1.807) is 18.5 Å². The maximum absolute atomic E-state index is 13.5. The van der Waals surface area contributed by atoms with Crippen molar-refractivity contribution in [1.29, 1.82) is 0 Å². The molecule has 0 aliphatic rings. The van der Waals surface area contributed by atoms with Crippen LogP contribution in [0.25, 0.3) is 11.3 Å². The van der Waals surface area contributed by atoms with Crippen molar-refractivity contribution < 1.29 is 4.39 Å². The lowest BCUT2D eigenvalue weighted by molar-refractivity contribution is 0.621. The second-order valence-electron chi connectivity index (χ2n) is 3.81. The summed E-state index contributed by atoms with van der Waals surface area (Å²) in [6.45, 7) is 2.88. The van der Waals surface area contributed by atoms with Crippen LogP contribution >= 0.6 is 15.9 Å². The standard InChI is InChI=1S/C13H13BrFN3/c1-2-5-17-13-12(16-6-7-18-13)9-3-4-10(14)11(15)8-9/h3-4,6-8H,2,5H2,1H3,(H,17,18). The lowest BCUT2D eigenvalue weighted by Crippen LogP contribution is -2.04. The van der Waals surface area contributed by atoms with Crippen LogP contribution in [-0.4, -0.2) is 16.5 Å². The molecule has 1 N–H and O–H groups in total. The Morgan fingerprint density at radius 3 is 2.78 bits per heavy atom. The normalized spacial score (nSPS) is 10.4. The fourth-order valence-electron chi connectivity index (χ4n) is 1.57. The van der Waals surface area contributed by atoms with Gasteiger partial charge in [-0.1, -0.05) is 13.0 Å². The number of nitrogens with zero attached hydrogens (tertiary/aromatic N) is 2. The highest BCUT2D eigenvalue weighted by Crippen LogP contribution is 2.26. The van der Waals surface area contributed by atoms with E-state index in [4.69, 9.17) is 0 Å². The largest absolute Gasteiger partial charge is 0.368 e. The van der Waals surface area contributed by atoms with Crippen molar-refractivity contribution in [3.8, 4) is 11.3 Å². The number of halogens is 2. The third-order valence-electron chi connectivity index (χ3n) is 2.43. The number of aromatic nitrogens is 2. The van der Waals surface area contributed by atoms with Gasteiger partial charge < -0.3 is 5.32 Å². The third-order valence-corrected chi connectivity index (χ3v) is 3.08. The van der Waals surface area contributed by atoms with E-state index in [1.807, 2.05) is 6.07 Å². The van der Waals surface area contributed by atoms with Crippen molar-refractivity contribution in [1.82, 2.24) is 9.97 Å². The van der Waals surface area contributed by atoms with Gasteiger partial charge in [0.05, 0.1) is 4.47 Å². The summed E-state index contributed by atoms with van der Waals surface area (Å²) >= 11 is 3.14. The molecule has 94 valence electrons. The zero-order valence-corrected chi connectivity index (χ0v) is 11.5. The highest BCUT2D eigenvalue weighted by Gasteiger charge is 2.09. The first-order valence-electron chi connectivity index (χ1n) is 5.72. The minimum Gasteiger partial charge on any atom is -0.368 e. The van der Waals surface area contributed by atoms with Crippen LogP contribution in [0.15, 0.2) is 35.1 Å². The predicted octanol–water partition coefficient (Wildman–Crippen LogP) is 3.87.